The van der Waals surface area contributed by atoms with Gasteiger partial charge in [0.05, 0.1) is 13.2 Å². The smallest absolute Gasteiger partial charge is 0.321 e. The number of nitrogens with zero attached hydrogens (tertiary/aromatic N) is 2. The van der Waals surface area contributed by atoms with E-state index in [0.29, 0.717) is 39.3 Å². The second kappa shape index (κ2) is 10.1. The van der Waals surface area contributed by atoms with E-state index < -0.39 is 0 Å². The zero-order valence-electron chi connectivity index (χ0n) is 16.0. The predicted molar refractivity (Wildman–Crippen MR) is 102 cm³/mol. The van der Waals surface area contributed by atoms with Gasteiger partial charge in [0, 0.05) is 50.6 Å². The number of urea groups is 1. The molecule has 1 aliphatic rings. The van der Waals surface area contributed by atoms with E-state index >= 15 is 0 Å². The maximum Gasteiger partial charge on any atom is 0.321 e. The molecular weight excluding hydrogens is 332 g/mol. The molecule has 7 nitrogen and oxygen atoms in total. The van der Waals surface area contributed by atoms with Crippen molar-refractivity contribution in [1.82, 2.24) is 15.1 Å². The molecule has 1 aliphatic heterocycles. The Hall–Kier alpha value is -2.12. The Morgan fingerprint density at radius 1 is 1.19 bits per heavy atom. The Bertz CT molecular complexity index is 600. The van der Waals surface area contributed by atoms with Crippen LogP contribution in [0.4, 0.5) is 10.5 Å². The molecule has 0 radical (unpaired) electrons. The first-order chi connectivity index (χ1) is 12.5. The summed E-state index contributed by atoms with van der Waals surface area (Å²) in [6.07, 6.45) is 0.921. The van der Waals surface area contributed by atoms with Gasteiger partial charge in [-0.3, -0.25) is 9.69 Å². The van der Waals surface area contributed by atoms with Gasteiger partial charge in [-0.25, -0.2) is 4.79 Å². The normalized spacial score (nSPS) is 16.2. The van der Waals surface area contributed by atoms with E-state index in [2.05, 4.69) is 15.5 Å². The molecule has 1 heterocycles. The number of para-hydroxylation sites is 1. The van der Waals surface area contributed by atoms with Crippen molar-refractivity contribution in [1.29, 1.82) is 0 Å². The third-order valence-electron chi connectivity index (χ3n) is 4.61. The van der Waals surface area contributed by atoms with Crippen molar-refractivity contribution in [2.24, 2.45) is 0 Å². The van der Waals surface area contributed by atoms with Gasteiger partial charge >= 0.3 is 6.03 Å². The number of anilines is 1. The van der Waals surface area contributed by atoms with Gasteiger partial charge in [0.1, 0.15) is 0 Å². The van der Waals surface area contributed by atoms with Crippen molar-refractivity contribution in [2.45, 2.75) is 32.9 Å². The molecule has 2 rings (SSSR count). The van der Waals surface area contributed by atoms with Gasteiger partial charge in [0.15, 0.2) is 0 Å². The molecule has 1 atom stereocenters. The van der Waals surface area contributed by atoms with Gasteiger partial charge in [0.2, 0.25) is 5.91 Å². The van der Waals surface area contributed by atoms with Crippen LogP contribution in [0.5, 0.6) is 0 Å². The number of carbonyl (C=O) groups is 2. The first-order valence-corrected chi connectivity index (χ1v) is 9.18. The summed E-state index contributed by atoms with van der Waals surface area (Å²) in [7, 11) is 1.63. The van der Waals surface area contributed by atoms with Crippen LogP contribution >= 0.6 is 0 Å². The van der Waals surface area contributed by atoms with Gasteiger partial charge in [0.25, 0.3) is 0 Å². The number of ether oxygens (including phenoxy) is 1. The highest BCUT2D eigenvalue weighted by molar-refractivity contribution is 5.90. The lowest BCUT2D eigenvalue weighted by Crippen LogP contribution is -2.52. The molecule has 7 heteroatoms. The van der Waals surface area contributed by atoms with E-state index in [1.807, 2.05) is 38.1 Å². The standard InChI is InChI=1S/C19H30N4O3/c1-4-15(2)20-18(24)13-22-9-11-23(12-10-22)19(25)21-17-8-6-5-7-16(17)14-26-3/h5-8,15H,4,9-14H2,1-3H3,(H,20,24)(H,21,25)/t15-/m0/s1. The van der Waals surface area contributed by atoms with E-state index in [-0.39, 0.29) is 18.0 Å². The molecule has 1 aromatic carbocycles. The van der Waals surface area contributed by atoms with E-state index in [1.165, 1.54) is 0 Å². The zero-order chi connectivity index (χ0) is 18.9. The molecular formula is C19H30N4O3. The lowest BCUT2D eigenvalue weighted by atomic mass is 10.2. The monoisotopic (exact) mass is 362 g/mol. The molecule has 0 unspecified atom stereocenters. The molecule has 1 aromatic rings. The molecule has 1 fully saturated rings. The summed E-state index contributed by atoms with van der Waals surface area (Å²) >= 11 is 0. The minimum Gasteiger partial charge on any atom is -0.380 e. The minimum absolute atomic E-state index is 0.0470. The first-order valence-electron chi connectivity index (χ1n) is 9.18. The molecule has 26 heavy (non-hydrogen) atoms. The van der Waals surface area contributed by atoms with E-state index in [1.54, 1.807) is 12.0 Å². The molecule has 144 valence electrons. The highest BCUT2D eigenvalue weighted by Gasteiger charge is 2.23. The average Bonchev–Trinajstić information content (AvgIpc) is 2.64. The van der Waals surface area contributed by atoms with E-state index in [9.17, 15) is 9.59 Å². The van der Waals surface area contributed by atoms with Crippen molar-refractivity contribution < 1.29 is 14.3 Å². The van der Waals surface area contributed by atoms with Crippen LogP contribution in [0.3, 0.4) is 0 Å². The van der Waals surface area contributed by atoms with Crippen LogP contribution in [0.25, 0.3) is 0 Å². The van der Waals surface area contributed by atoms with Crippen LogP contribution in [-0.4, -0.2) is 67.6 Å². The second-order valence-corrected chi connectivity index (χ2v) is 6.66. The van der Waals surface area contributed by atoms with Crippen LogP contribution in [-0.2, 0) is 16.1 Å². The lowest BCUT2D eigenvalue weighted by molar-refractivity contribution is -0.123. The summed E-state index contributed by atoms with van der Waals surface area (Å²) in [6, 6.07) is 7.71. The maximum atomic E-state index is 12.5. The first kappa shape index (κ1) is 20.2. The van der Waals surface area contributed by atoms with Gasteiger partial charge < -0.3 is 20.3 Å². The molecule has 3 amide bonds. The van der Waals surface area contributed by atoms with Crippen molar-refractivity contribution in [3.05, 3.63) is 29.8 Å². The lowest BCUT2D eigenvalue weighted by Gasteiger charge is -2.34. The van der Waals surface area contributed by atoms with Crippen LogP contribution in [0.15, 0.2) is 24.3 Å². The van der Waals surface area contributed by atoms with Gasteiger partial charge in [-0.2, -0.15) is 0 Å². The Balaban J connectivity index is 1.80. The number of hydrogen-bond acceptors (Lipinski definition) is 4. The predicted octanol–water partition coefficient (Wildman–Crippen LogP) is 1.90. The summed E-state index contributed by atoms with van der Waals surface area (Å²) in [5.74, 6) is 0.0470. The summed E-state index contributed by atoms with van der Waals surface area (Å²) in [4.78, 5) is 28.4. The quantitative estimate of drug-likeness (QED) is 0.777. The van der Waals surface area contributed by atoms with Crippen LogP contribution in [0.1, 0.15) is 25.8 Å². The van der Waals surface area contributed by atoms with Crippen molar-refractivity contribution in [2.75, 3.05) is 45.2 Å². The molecule has 0 aromatic heterocycles. The summed E-state index contributed by atoms with van der Waals surface area (Å²) in [5.41, 5.74) is 1.72. The number of piperazine rings is 1. The second-order valence-electron chi connectivity index (χ2n) is 6.66. The Kier molecular flexibility index (Phi) is 7.87. The van der Waals surface area contributed by atoms with Gasteiger partial charge in [-0.15, -0.1) is 0 Å². The Morgan fingerprint density at radius 3 is 2.54 bits per heavy atom. The summed E-state index contributed by atoms with van der Waals surface area (Å²) in [5, 5.41) is 5.94. The molecule has 2 N–H and O–H groups in total. The van der Waals surface area contributed by atoms with Crippen molar-refractivity contribution in [3.8, 4) is 0 Å². The Labute approximate surface area is 155 Å². The number of nitrogens with one attached hydrogen (secondary N) is 2. The molecule has 0 aliphatic carbocycles. The maximum absolute atomic E-state index is 12.5. The van der Waals surface area contributed by atoms with E-state index in [0.717, 1.165) is 17.7 Å². The topological polar surface area (TPSA) is 73.9 Å². The van der Waals surface area contributed by atoms with Crippen molar-refractivity contribution in [3.63, 3.8) is 0 Å². The van der Waals surface area contributed by atoms with Crippen LogP contribution < -0.4 is 10.6 Å². The van der Waals surface area contributed by atoms with Gasteiger partial charge in [-0.1, -0.05) is 25.1 Å². The largest absolute Gasteiger partial charge is 0.380 e. The SMILES string of the molecule is CC[C@H](C)NC(=O)CN1CCN(C(=O)Nc2ccccc2COC)CC1. The van der Waals surface area contributed by atoms with E-state index in [4.69, 9.17) is 4.74 Å². The number of carbonyl (C=O) groups excluding carboxylic acids is 2. The molecule has 1 saturated heterocycles. The zero-order valence-corrected chi connectivity index (χ0v) is 16.0. The Morgan fingerprint density at radius 2 is 1.88 bits per heavy atom. The number of rotatable bonds is 7. The highest BCUT2D eigenvalue weighted by Crippen LogP contribution is 2.17. The fourth-order valence-electron chi connectivity index (χ4n) is 2.85. The summed E-state index contributed by atoms with van der Waals surface area (Å²) < 4.78 is 5.17. The van der Waals surface area contributed by atoms with Crippen molar-refractivity contribution >= 4 is 17.6 Å². The number of benzene rings is 1. The number of methoxy groups -OCH3 is 1. The fraction of sp³-hybridized carbons (Fsp3) is 0.579. The molecule has 0 spiro atoms. The van der Waals surface area contributed by atoms with Gasteiger partial charge in [-0.05, 0) is 19.4 Å². The number of hydrogen-bond donors (Lipinski definition) is 2. The molecule has 0 bridgehead atoms. The average molecular weight is 362 g/mol. The minimum atomic E-state index is -0.114. The molecule has 0 saturated carbocycles. The van der Waals surface area contributed by atoms with Crippen LogP contribution in [0, 0.1) is 0 Å². The third-order valence-corrected chi connectivity index (χ3v) is 4.61. The third kappa shape index (κ3) is 6.00. The summed E-state index contributed by atoms with van der Waals surface area (Å²) in [6.45, 7) is 7.49. The number of amides is 3. The van der Waals surface area contributed by atoms with Crippen LogP contribution in [0.2, 0.25) is 0 Å². The highest BCUT2D eigenvalue weighted by atomic mass is 16.5. The fourth-order valence-corrected chi connectivity index (χ4v) is 2.85.